The minimum Gasteiger partial charge on any atom is -0.363 e. The lowest BCUT2D eigenvalue weighted by Crippen LogP contribution is -2.13. The highest BCUT2D eigenvalue weighted by molar-refractivity contribution is 7.13. The first-order chi connectivity index (χ1) is 17.1. The molecule has 0 fully saturated rings. The lowest BCUT2D eigenvalue weighted by Gasteiger charge is -2.12. The van der Waals surface area contributed by atoms with E-state index in [0.29, 0.717) is 16.6 Å². The molecule has 0 aliphatic rings. The molecule has 186 valence electrons. The minimum absolute atomic E-state index is 0.0231. The smallest absolute Gasteiger partial charge is 0.363 e. The SMILES string of the molecule is Cc1ccc(NC(=O)c2cnc(C(C)CC(=O)c3cc(Nc4ccon4)ncn3)s2)cc1C(F)(F)F. The number of benzene rings is 1. The van der Waals surface area contributed by atoms with Crippen LogP contribution in [0.15, 0.2) is 53.6 Å². The van der Waals surface area contributed by atoms with Gasteiger partial charge < -0.3 is 15.2 Å². The van der Waals surface area contributed by atoms with Gasteiger partial charge >= 0.3 is 6.18 Å². The first-order valence-corrected chi connectivity index (χ1v) is 11.4. The van der Waals surface area contributed by atoms with Crippen molar-refractivity contribution in [3.8, 4) is 0 Å². The van der Waals surface area contributed by atoms with Gasteiger partial charge in [0, 0.05) is 30.2 Å². The van der Waals surface area contributed by atoms with Gasteiger partial charge in [-0.15, -0.1) is 11.3 Å². The number of alkyl halides is 3. The molecule has 0 radical (unpaired) electrons. The Kier molecular flexibility index (Phi) is 7.10. The zero-order valence-corrected chi connectivity index (χ0v) is 19.8. The van der Waals surface area contributed by atoms with Crippen LogP contribution in [-0.2, 0) is 6.18 Å². The number of ketones is 1. The molecule has 1 aromatic carbocycles. The van der Waals surface area contributed by atoms with Crippen LogP contribution in [0.5, 0.6) is 0 Å². The fourth-order valence-electron chi connectivity index (χ4n) is 3.27. The molecular formula is C23H19F3N6O3S. The maximum absolute atomic E-state index is 13.1. The number of hydrogen-bond acceptors (Lipinski definition) is 9. The van der Waals surface area contributed by atoms with Crippen molar-refractivity contribution in [3.63, 3.8) is 0 Å². The van der Waals surface area contributed by atoms with Crippen LogP contribution in [0.1, 0.15) is 55.6 Å². The summed E-state index contributed by atoms with van der Waals surface area (Å²) in [5, 5.41) is 9.60. The van der Waals surface area contributed by atoms with E-state index in [1.165, 1.54) is 43.9 Å². The van der Waals surface area contributed by atoms with Gasteiger partial charge in [-0.25, -0.2) is 15.0 Å². The number of amides is 1. The second-order valence-electron chi connectivity index (χ2n) is 7.87. The van der Waals surface area contributed by atoms with Gasteiger partial charge in [-0.05, 0) is 24.6 Å². The number of anilines is 3. The highest BCUT2D eigenvalue weighted by atomic mass is 32.1. The number of Topliss-reactive ketones (excluding diaryl/α,β-unsaturated/α-hetero) is 1. The van der Waals surface area contributed by atoms with E-state index in [4.69, 9.17) is 4.52 Å². The number of aromatic nitrogens is 4. The number of halogens is 3. The quantitative estimate of drug-likeness (QED) is 0.289. The fourth-order valence-corrected chi connectivity index (χ4v) is 4.14. The molecule has 1 atom stereocenters. The summed E-state index contributed by atoms with van der Waals surface area (Å²) < 4.78 is 44.2. The van der Waals surface area contributed by atoms with Crippen molar-refractivity contribution in [2.24, 2.45) is 0 Å². The molecule has 1 amide bonds. The number of nitrogens with zero attached hydrogens (tertiary/aromatic N) is 4. The average molecular weight is 517 g/mol. The summed E-state index contributed by atoms with van der Waals surface area (Å²) in [5.74, 6) is -0.383. The first kappa shape index (κ1) is 25.0. The van der Waals surface area contributed by atoms with Crippen LogP contribution in [0.3, 0.4) is 0 Å². The Morgan fingerprint density at radius 1 is 1.11 bits per heavy atom. The van der Waals surface area contributed by atoms with Gasteiger partial charge in [-0.2, -0.15) is 13.2 Å². The number of thiazole rings is 1. The summed E-state index contributed by atoms with van der Waals surface area (Å²) in [6.45, 7) is 3.13. The molecule has 4 rings (SSSR count). The highest BCUT2D eigenvalue weighted by Gasteiger charge is 2.32. The zero-order valence-electron chi connectivity index (χ0n) is 19.0. The van der Waals surface area contributed by atoms with Crippen molar-refractivity contribution < 1.29 is 27.3 Å². The third-order valence-electron chi connectivity index (χ3n) is 5.11. The van der Waals surface area contributed by atoms with Gasteiger partial charge in [0.25, 0.3) is 5.91 Å². The molecule has 0 saturated carbocycles. The number of carbonyl (C=O) groups excluding carboxylic acids is 2. The summed E-state index contributed by atoms with van der Waals surface area (Å²) in [4.78, 5) is 37.8. The number of aryl methyl sites for hydroxylation is 1. The Morgan fingerprint density at radius 3 is 2.64 bits per heavy atom. The number of rotatable bonds is 8. The highest BCUT2D eigenvalue weighted by Crippen LogP contribution is 2.34. The number of nitrogens with one attached hydrogen (secondary N) is 2. The molecule has 0 spiro atoms. The monoisotopic (exact) mass is 516 g/mol. The van der Waals surface area contributed by atoms with E-state index in [0.717, 1.165) is 17.4 Å². The maximum Gasteiger partial charge on any atom is 0.416 e. The Balaban J connectivity index is 1.40. The minimum atomic E-state index is -4.53. The Labute approximate surface area is 206 Å². The standard InChI is InChI=1S/C23H19F3N6O3S/c1-12-3-4-14(8-15(12)23(24,25)26)30-21(34)18-10-27-22(36-18)13(2)7-17(33)16-9-20(29-11-28-16)31-19-5-6-35-32-19/h3-6,8-11,13H,7H2,1-2H3,(H,30,34)(H,28,29,31,32). The van der Waals surface area contributed by atoms with Crippen molar-refractivity contribution in [1.29, 1.82) is 0 Å². The van der Waals surface area contributed by atoms with Crippen molar-refractivity contribution in [3.05, 3.63) is 75.8 Å². The van der Waals surface area contributed by atoms with Gasteiger partial charge in [-0.1, -0.05) is 18.1 Å². The Hall–Kier alpha value is -4.13. The van der Waals surface area contributed by atoms with Gasteiger partial charge in [0.15, 0.2) is 11.6 Å². The second-order valence-corrected chi connectivity index (χ2v) is 8.93. The molecule has 0 aliphatic heterocycles. The molecule has 0 aliphatic carbocycles. The van der Waals surface area contributed by atoms with Gasteiger partial charge in [0.1, 0.15) is 29.0 Å². The van der Waals surface area contributed by atoms with Crippen molar-refractivity contribution >= 4 is 40.4 Å². The summed E-state index contributed by atoms with van der Waals surface area (Å²) in [7, 11) is 0. The predicted molar refractivity (Wildman–Crippen MR) is 125 cm³/mol. The van der Waals surface area contributed by atoms with E-state index in [1.807, 2.05) is 0 Å². The topological polar surface area (TPSA) is 123 Å². The Bertz CT molecular complexity index is 1390. The lowest BCUT2D eigenvalue weighted by atomic mass is 10.0. The molecule has 36 heavy (non-hydrogen) atoms. The van der Waals surface area contributed by atoms with E-state index < -0.39 is 17.6 Å². The zero-order chi connectivity index (χ0) is 25.9. The molecule has 3 aromatic heterocycles. The van der Waals surface area contributed by atoms with Crippen LogP contribution in [0, 0.1) is 6.92 Å². The summed E-state index contributed by atoms with van der Waals surface area (Å²) in [6.07, 6.45) is -0.482. The fraction of sp³-hybridized carbons (Fsp3) is 0.217. The molecular weight excluding hydrogens is 497 g/mol. The van der Waals surface area contributed by atoms with E-state index in [2.05, 4.69) is 30.7 Å². The third kappa shape index (κ3) is 5.92. The molecule has 3 heterocycles. The maximum atomic E-state index is 13.1. The van der Waals surface area contributed by atoms with E-state index >= 15 is 0 Å². The lowest BCUT2D eigenvalue weighted by molar-refractivity contribution is -0.138. The molecule has 1 unspecified atom stereocenters. The number of carbonyl (C=O) groups is 2. The Morgan fingerprint density at radius 2 is 1.92 bits per heavy atom. The third-order valence-corrected chi connectivity index (χ3v) is 6.34. The molecule has 2 N–H and O–H groups in total. The molecule has 9 nitrogen and oxygen atoms in total. The summed E-state index contributed by atoms with van der Waals surface area (Å²) in [6, 6.07) is 6.67. The van der Waals surface area contributed by atoms with Crippen LogP contribution >= 0.6 is 11.3 Å². The van der Waals surface area contributed by atoms with Crippen LogP contribution < -0.4 is 10.6 Å². The largest absolute Gasteiger partial charge is 0.416 e. The molecule has 13 heteroatoms. The average Bonchev–Trinajstić information content (AvgIpc) is 3.52. The van der Waals surface area contributed by atoms with Gasteiger partial charge in [0.05, 0.1) is 16.8 Å². The van der Waals surface area contributed by atoms with E-state index in [1.54, 1.807) is 13.0 Å². The second kappa shape index (κ2) is 10.2. The van der Waals surface area contributed by atoms with Crippen molar-refractivity contribution in [1.82, 2.24) is 20.1 Å². The van der Waals surface area contributed by atoms with Crippen molar-refractivity contribution in [2.75, 3.05) is 10.6 Å². The molecule has 0 saturated heterocycles. The first-order valence-electron chi connectivity index (χ1n) is 10.6. The van der Waals surface area contributed by atoms with Crippen LogP contribution in [0.2, 0.25) is 0 Å². The van der Waals surface area contributed by atoms with Crippen LogP contribution in [0.25, 0.3) is 0 Å². The summed E-state index contributed by atoms with van der Waals surface area (Å²) in [5.41, 5.74) is -0.544. The normalized spacial score (nSPS) is 12.2. The number of hydrogen-bond donors (Lipinski definition) is 2. The summed E-state index contributed by atoms with van der Waals surface area (Å²) >= 11 is 1.06. The van der Waals surface area contributed by atoms with Gasteiger partial charge in [0.2, 0.25) is 0 Å². The molecule has 0 bridgehead atoms. The van der Waals surface area contributed by atoms with Crippen LogP contribution in [0.4, 0.5) is 30.5 Å². The van der Waals surface area contributed by atoms with E-state index in [-0.39, 0.29) is 39.9 Å². The van der Waals surface area contributed by atoms with Crippen molar-refractivity contribution in [2.45, 2.75) is 32.4 Å². The van der Waals surface area contributed by atoms with Crippen LogP contribution in [-0.4, -0.2) is 31.8 Å². The predicted octanol–water partition coefficient (Wildman–Crippen LogP) is 5.62. The van der Waals surface area contributed by atoms with Gasteiger partial charge in [-0.3, -0.25) is 9.59 Å². The molecule has 4 aromatic rings. The van der Waals surface area contributed by atoms with E-state index in [9.17, 15) is 22.8 Å².